The van der Waals surface area contributed by atoms with Gasteiger partial charge in [0.1, 0.15) is 12.9 Å². The van der Waals surface area contributed by atoms with Crippen molar-refractivity contribution in [1.82, 2.24) is 14.8 Å². The second kappa shape index (κ2) is 5.61. The van der Waals surface area contributed by atoms with Crippen LogP contribution in [0.2, 0.25) is 5.02 Å². The summed E-state index contributed by atoms with van der Waals surface area (Å²) in [6.07, 6.45) is 1.47. The average Bonchev–Trinajstić information content (AvgIpc) is 2.76. The van der Waals surface area contributed by atoms with Crippen LogP contribution in [0.5, 0.6) is 0 Å². The highest BCUT2D eigenvalue weighted by atomic mass is 35.5. The maximum absolute atomic E-state index is 11.7. The third kappa shape index (κ3) is 3.28. The monoisotopic (exact) mass is 265 g/mol. The Hall–Kier alpha value is -1.92. The van der Waals surface area contributed by atoms with Gasteiger partial charge in [0.2, 0.25) is 5.91 Å². The standard InChI is InChI=1S/C11H12ClN5O/c12-8-2-1-3-9(4-8)15-11(18)6-17-7-14-10(5-13)16-17/h1-4,7H,5-6,13H2,(H,15,18). The summed E-state index contributed by atoms with van der Waals surface area (Å²) in [5.74, 6) is 0.302. The molecule has 0 fully saturated rings. The summed E-state index contributed by atoms with van der Waals surface area (Å²) >= 11 is 5.82. The Bertz CT molecular complexity index is 554. The van der Waals surface area contributed by atoms with Crippen molar-refractivity contribution in [2.24, 2.45) is 5.73 Å². The van der Waals surface area contributed by atoms with E-state index in [1.807, 2.05) is 0 Å². The minimum Gasteiger partial charge on any atom is -0.324 e. The summed E-state index contributed by atoms with van der Waals surface area (Å²) in [4.78, 5) is 15.7. The van der Waals surface area contributed by atoms with Crippen LogP contribution in [0.4, 0.5) is 5.69 Å². The van der Waals surface area contributed by atoms with Crippen molar-refractivity contribution in [3.05, 3.63) is 41.4 Å². The number of nitrogens with two attached hydrogens (primary N) is 1. The van der Waals surface area contributed by atoms with Gasteiger partial charge in [-0.05, 0) is 18.2 Å². The van der Waals surface area contributed by atoms with E-state index in [-0.39, 0.29) is 19.0 Å². The Morgan fingerprint density at radius 1 is 1.50 bits per heavy atom. The molecule has 1 amide bonds. The van der Waals surface area contributed by atoms with Crippen LogP contribution >= 0.6 is 11.6 Å². The lowest BCUT2D eigenvalue weighted by atomic mass is 10.3. The second-order valence-corrected chi connectivity index (χ2v) is 4.06. The van der Waals surface area contributed by atoms with Gasteiger partial charge >= 0.3 is 0 Å². The number of amides is 1. The summed E-state index contributed by atoms with van der Waals surface area (Å²) < 4.78 is 1.43. The number of hydrogen-bond donors (Lipinski definition) is 2. The van der Waals surface area contributed by atoms with E-state index in [2.05, 4.69) is 15.4 Å². The summed E-state index contributed by atoms with van der Waals surface area (Å²) in [7, 11) is 0. The summed E-state index contributed by atoms with van der Waals surface area (Å²) in [6, 6.07) is 6.94. The Morgan fingerprint density at radius 3 is 3.00 bits per heavy atom. The van der Waals surface area contributed by atoms with E-state index in [4.69, 9.17) is 17.3 Å². The molecule has 0 bridgehead atoms. The third-order valence-corrected chi connectivity index (χ3v) is 2.42. The van der Waals surface area contributed by atoms with E-state index in [0.717, 1.165) is 0 Å². The summed E-state index contributed by atoms with van der Waals surface area (Å²) in [6.45, 7) is 0.336. The fourth-order valence-electron chi connectivity index (χ4n) is 1.42. The van der Waals surface area contributed by atoms with Gasteiger partial charge in [-0.2, -0.15) is 5.10 Å². The molecule has 1 aromatic carbocycles. The van der Waals surface area contributed by atoms with Gasteiger partial charge in [0, 0.05) is 10.7 Å². The highest BCUT2D eigenvalue weighted by Gasteiger charge is 2.06. The van der Waals surface area contributed by atoms with Gasteiger partial charge < -0.3 is 11.1 Å². The van der Waals surface area contributed by atoms with Gasteiger partial charge in [-0.15, -0.1) is 0 Å². The Labute approximate surface area is 109 Å². The zero-order valence-corrected chi connectivity index (χ0v) is 10.3. The lowest BCUT2D eigenvalue weighted by Crippen LogP contribution is -2.19. The first-order valence-corrected chi connectivity index (χ1v) is 5.69. The maximum Gasteiger partial charge on any atom is 0.246 e. The van der Waals surface area contributed by atoms with Crippen LogP contribution in [0, 0.1) is 0 Å². The number of anilines is 1. The van der Waals surface area contributed by atoms with Gasteiger partial charge in [-0.25, -0.2) is 9.67 Å². The molecule has 6 nitrogen and oxygen atoms in total. The van der Waals surface area contributed by atoms with Gasteiger partial charge in [0.25, 0.3) is 0 Å². The quantitative estimate of drug-likeness (QED) is 0.865. The van der Waals surface area contributed by atoms with Crippen molar-refractivity contribution >= 4 is 23.2 Å². The minimum atomic E-state index is -0.203. The number of hydrogen-bond acceptors (Lipinski definition) is 4. The molecular weight excluding hydrogens is 254 g/mol. The smallest absolute Gasteiger partial charge is 0.246 e. The van der Waals surface area contributed by atoms with Crippen molar-refractivity contribution in [3.63, 3.8) is 0 Å². The molecule has 2 rings (SSSR count). The molecule has 3 N–H and O–H groups in total. The van der Waals surface area contributed by atoms with E-state index in [1.54, 1.807) is 24.3 Å². The SMILES string of the molecule is NCc1ncn(CC(=O)Nc2cccc(Cl)c2)n1. The van der Waals surface area contributed by atoms with E-state index < -0.39 is 0 Å². The van der Waals surface area contributed by atoms with Crippen molar-refractivity contribution in [1.29, 1.82) is 0 Å². The molecule has 0 spiro atoms. The summed E-state index contributed by atoms with van der Waals surface area (Å²) in [5.41, 5.74) is 6.03. The molecule has 1 aromatic heterocycles. The second-order valence-electron chi connectivity index (χ2n) is 3.62. The molecule has 2 aromatic rings. The fourth-order valence-corrected chi connectivity index (χ4v) is 1.61. The fraction of sp³-hybridized carbons (Fsp3) is 0.182. The molecule has 0 atom stereocenters. The molecule has 0 radical (unpaired) electrons. The van der Waals surface area contributed by atoms with Crippen molar-refractivity contribution in [2.45, 2.75) is 13.1 Å². The lowest BCUT2D eigenvalue weighted by molar-refractivity contribution is -0.116. The maximum atomic E-state index is 11.7. The molecular formula is C11H12ClN5O. The Balaban J connectivity index is 1.96. The predicted octanol–water partition coefficient (Wildman–Crippen LogP) is 1.03. The zero-order valence-electron chi connectivity index (χ0n) is 9.51. The third-order valence-electron chi connectivity index (χ3n) is 2.18. The molecule has 0 aliphatic carbocycles. The minimum absolute atomic E-state index is 0.0829. The van der Waals surface area contributed by atoms with E-state index in [0.29, 0.717) is 16.5 Å². The topological polar surface area (TPSA) is 85.8 Å². The lowest BCUT2D eigenvalue weighted by Gasteiger charge is -2.05. The summed E-state index contributed by atoms with van der Waals surface area (Å²) in [5, 5.41) is 7.31. The molecule has 0 unspecified atom stereocenters. The van der Waals surface area contributed by atoms with Crippen LogP contribution in [0.1, 0.15) is 5.82 Å². The zero-order chi connectivity index (χ0) is 13.0. The molecule has 94 valence electrons. The van der Waals surface area contributed by atoms with Gasteiger partial charge in [-0.1, -0.05) is 17.7 Å². The Morgan fingerprint density at radius 2 is 2.33 bits per heavy atom. The number of halogens is 1. The Kier molecular flexibility index (Phi) is 3.91. The van der Waals surface area contributed by atoms with Crippen LogP contribution in [0.25, 0.3) is 0 Å². The normalized spacial score (nSPS) is 10.3. The molecule has 0 saturated heterocycles. The highest BCUT2D eigenvalue weighted by Crippen LogP contribution is 2.14. The van der Waals surface area contributed by atoms with Crippen LogP contribution in [0.15, 0.2) is 30.6 Å². The van der Waals surface area contributed by atoms with Gasteiger partial charge in [0.15, 0.2) is 5.82 Å². The number of carbonyl (C=O) groups excluding carboxylic acids is 1. The van der Waals surface area contributed by atoms with Crippen LogP contribution in [-0.4, -0.2) is 20.7 Å². The number of aromatic nitrogens is 3. The number of nitrogens with one attached hydrogen (secondary N) is 1. The predicted molar refractivity (Wildman–Crippen MR) is 68.0 cm³/mol. The number of carbonyl (C=O) groups is 1. The highest BCUT2D eigenvalue weighted by molar-refractivity contribution is 6.30. The van der Waals surface area contributed by atoms with Gasteiger partial charge in [-0.3, -0.25) is 4.79 Å². The number of nitrogens with zero attached hydrogens (tertiary/aromatic N) is 3. The molecule has 18 heavy (non-hydrogen) atoms. The average molecular weight is 266 g/mol. The van der Waals surface area contributed by atoms with Crippen molar-refractivity contribution < 1.29 is 4.79 Å². The van der Waals surface area contributed by atoms with Crippen molar-refractivity contribution in [2.75, 3.05) is 5.32 Å². The van der Waals surface area contributed by atoms with Crippen LogP contribution < -0.4 is 11.1 Å². The number of rotatable bonds is 4. The van der Waals surface area contributed by atoms with E-state index in [9.17, 15) is 4.79 Å². The van der Waals surface area contributed by atoms with Gasteiger partial charge in [0.05, 0.1) is 6.54 Å². The van der Waals surface area contributed by atoms with E-state index in [1.165, 1.54) is 11.0 Å². The number of benzene rings is 1. The largest absolute Gasteiger partial charge is 0.324 e. The first-order chi connectivity index (χ1) is 8.67. The molecule has 7 heteroatoms. The molecule has 0 aliphatic heterocycles. The molecule has 0 saturated carbocycles. The van der Waals surface area contributed by atoms with Crippen LogP contribution in [-0.2, 0) is 17.9 Å². The van der Waals surface area contributed by atoms with Crippen LogP contribution in [0.3, 0.4) is 0 Å². The molecule has 0 aliphatic rings. The van der Waals surface area contributed by atoms with E-state index >= 15 is 0 Å². The molecule has 1 heterocycles. The van der Waals surface area contributed by atoms with Crippen molar-refractivity contribution in [3.8, 4) is 0 Å². The first kappa shape index (κ1) is 12.5. The first-order valence-electron chi connectivity index (χ1n) is 5.31.